The largest absolute Gasteiger partial charge is 0.504 e. The number of benzene rings is 2. The lowest BCUT2D eigenvalue weighted by molar-refractivity contribution is -0.130. The fourth-order valence-corrected chi connectivity index (χ4v) is 2.58. The number of hydrogen-bond donors (Lipinski definition) is 2. The molecule has 166 valence electrons. The normalized spacial score (nSPS) is 11.0. The number of aliphatic hydroxyl groups excluding tert-OH is 1. The Balaban J connectivity index is 1.99. The highest BCUT2D eigenvalue weighted by atomic mass is 16.5. The maximum Gasteiger partial charge on any atom is 0.338 e. The van der Waals surface area contributed by atoms with Gasteiger partial charge < -0.3 is 19.7 Å². The third kappa shape index (κ3) is 7.07. The number of hydrogen-bond acceptors (Lipinski definition) is 7. The van der Waals surface area contributed by atoms with Crippen LogP contribution in [-0.4, -0.2) is 34.9 Å². The van der Waals surface area contributed by atoms with Crippen LogP contribution in [0.2, 0.25) is 0 Å². The van der Waals surface area contributed by atoms with E-state index in [1.54, 1.807) is 24.3 Å². The number of carbonyl (C=O) groups excluding carboxylic acids is 3. The standard InChI is InChI=1S/C25H24O7/c1-16(2)25(30)32-23-11-7-17(12-19(23)15-26)4-8-20(27)14-21(28)9-5-18-6-10-22(29)24(13-18)31-3/h4-13,26,29H,1,14-15H2,2-3H3/b8-4+,9-5+. The predicted octanol–water partition coefficient (Wildman–Crippen LogP) is 3.63. The highest BCUT2D eigenvalue weighted by Crippen LogP contribution is 2.26. The Morgan fingerprint density at radius 3 is 2.12 bits per heavy atom. The Bertz CT molecular complexity index is 1090. The van der Waals surface area contributed by atoms with Crippen LogP contribution in [0.4, 0.5) is 0 Å². The van der Waals surface area contributed by atoms with Crippen molar-refractivity contribution in [3.8, 4) is 17.2 Å². The molecule has 0 saturated carbocycles. The molecule has 0 unspecified atom stereocenters. The molecule has 0 atom stereocenters. The van der Waals surface area contributed by atoms with E-state index in [1.165, 1.54) is 50.5 Å². The predicted molar refractivity (Wildman–Crippen MR) is 120 cm³/mol. The van der Waals surface area contributed by atoms with Crippen molar-refractivity contribution >= 4 is 29.7 Å². The van der Waals surface area contributed by atoms with E-state index in [1.807, 2.05) is 0 Å². The van der Waals surface area contributed by atoms with Gasteiger partial charge in [0.1, 0.15) is 5.75 Å². The van der Waals surface area contributed by atoms with Gasteiger partial charge in [0, 0.05) is 11.1 Å². The molecule has 0 heterocycles. The van der Waals surface area contributed by atoms with Crippen LogP contribution >= 0.6 is 0 Å². The Labute approximate surface area is 185 Å². The fourth-order valence-electron chi connectivity index (χ4n) is 2.58. The highest BCUT2D eigenvalue weighted by Gasteiger charge is 2.10. The zero-order chi connectivity index (χ0) is 23.7. The maximum absolute atomic E-state index is 12.1. The minimum absolute atomic E-state index is 0.0114. The number of aromatic hydroxyl groups is 1. The minimum atomic E-state index is -0.601. The Morgan fingerprint density at radius 2 is 1.56 bits per heavy atom. The monoisotopic (exact) mass is 436 g/mol. The van der Waals surface area contributed by atoms with Crippen LogP contribution in [-0.2, 0) is 21.0 Å². The molecule has 0 aliphatic carbocycles. The molecule has 0 aliphatic rings. The summed E-state index contributed by atoms with van der Waals surface area (Å²) < 4.78 is 10.2. The Morgan fingerprint density at radius 1 is 0.969 bits per heavy atom. The Kier molecular flexibility index (Phi) is 8.68. The van der Waals surface area contributed by atoms with Gasteiger partial charge in [-0.3, -0.25) is 9.59 Å². The highest BCUT2D eigenvalue weighted by molar-refractivity contribution is 6.10. The molecule has 0 aromatic heterocycles. The van der Waals surface area contributed by atoms with E-state index >= 15 is 0 Å². The molecule has 2 rings (SSSR count). The van der Waals surface area contributed by atoms with E-state index in [0.717, 1.165) is 0 Å². The smallest absolute Gasteiger partial charge is 0.338 e. The van der Waals surface area contributed by atoms with Gasteiger partial charge in [-0.05, 0) is 54.5 Å². The lowest BCUT2D eigenvalue weighted by Crippen LogP contribution is -2.09. The molecule has 0 amide bonds. The number of carbonyl (C=O) groups is 3. The molecular weight excluding hydrogens is 412 g/mol. The number of allylic oxidation sites excluding steroid dienone is 2. The van der Waals surface area contributed by atoms with Crippen LogP contribution < -0.4 is 9.47 Å². The van der Waals surface area contributed by atoms with Crippen LogP contribution in [0.1, 0.15) is 30.0 Å². The average molecular weight is 436 g/mol. The first-order valence-electron chi connectivity index (χ1n) is 9.63. The van der Waals surface area contributed by atoms with Crippen LogP contribution in [0.5, 0.6) is 17.2 Å². The first kappa shape index (κ1) is 24.3. The third-order valence-corrected chi connectivity index (χ3v) is 4.28. The van der Waals surface area contributed by atoms with E-state index in [-0.39, 0.29) is 41.6 Å². The van der Waals surface area contributed by atoms with Gasteiger partial charge in [-0.1, -0.05) is 30.9 Å². The molecule has 2 N–H and O–H groups in total. The summed E-state index contributed by atoms with van der Waals surface area (Å²) in [6, 6.07) is 9.32. The number of esters is 1. The summed E-state index contributed by atoms with van der Waals surface area (Å²) in [5.74, 6) is -0.911. The van der Waals surface area contributed by atoms with Gasteiger partial charge in [-0.25, -0.2) is 4.79 Å². The molecule has 0 saturated heterocycles. The summed E-state index contributed by atoms with van der Waals surface area (Å²) >= 11 is 0. The molecule has 0 spiro atoms. The van der Waals surface area contributed by atoms with Crippen LogP contribution in [0, 0.1) is 0 Å². The van der Waals surface area contributed by atoms with Crippen molar-refractivity contribution in [3.63, 3.8) is 0 Å². The van der Waals surface area contributed by atoms with Gasteiger partial charge in [-0.2, -0.15) is 0 Å². The molecule has 0 bridgehead atoms. The number of aliphatic hydroxyl groups is 1. The summed E-state index contributed by atoms with van der Waals surface area (Å²) in [6.07, 6.45) is 5.27. The van der Waals surface area contributed by atoms with Crippen molar-refractivity contribution in [2.75, 3.05) is 7.11 Å². The van der Waals surface area contributed by atoms with Gasteiger partial charge >= 0.3 is 5.97 Å². The molecule has 0 aliphatic heterocycles. The lowest BCUT2D eigenvalue weighted by atomic mass is 10.1. The number of rotatable bonds is 10. The van der Waals surface area contributed by atoms with E-state index in [9.17, 15) is 24.6 Å². The number of ketones is 2. The van der Waals surface area contributed by atoms with Gasteiger partial charge in [0.15, 0.2) is 23.1 Å². The molecule has 2 aromatic carbocycles. The summed E-state index contributed by atoms with van der Waals surface area (Å²) in [4.78, 5) is 35.8. The van der Waals surface area contributed by atoms with Crippen molar-refractivity contribution in [1.82, 2.24) is 0 Å². The zero-order valence-corrected chi connectivity index (χ0v) is 17.8. The third-order valence-electron chi connectivity index (χ3n) is 4.28. The van der Waals surface area contributed by atoms with Gasteiger partial charge in [0.05, 0.1) is 20.1 Å². The fraction of sp³-hybridized carbons (Fsp3) is 0.160. The van der Waals surface area contributed by atoms with E-state index in [0.29, 0.717) is 16.7 Å². The molecule has 0 fully saturated rings. The Hall–Kier alpha value is -3.97. The molecule has 7 heteroatoms. The van der Waals surface area contributed by atoms with Crippen LogP contribution in [0.3, 0.4) is 0 Å². The SMILES string of the molecule is C=C(C)C(=O)Oc1ccc(/C=C/C(=O)CC(=O)/C=C/c2ccc(O)c(OC)c2)cc1CO. The number of ether oxygens (including phenoxy) is 2. The van der Waals surface area contributed by atoms with E-state index < -0.39 is 11.8 Å². The summed E-state index contributed by atoms with van der Waals surface area (Å²) in [5, 5.41) is 19.1. The molecule has 0 radical (unpaired) electrons. The number of phenols is 1. The summed E-state index contributed by atoms with van der Waals surface area (Å²) in [7, 11) is 1.42. The first-order chi connectivity index (χ1) is 15.2. The van der Waals surface area contributed by atoms with Crippen molar-refractivity contribution in [2.45, 2.75) is 20.0 Å². The molecule has 7 nitrogen and oxygen atoms in total. The second-order valence-corrected chi connectivity index (χ2v) is 6.90. The topological polar surface area (TPSA) is 110 Å². The molecule has 2 aromatic rings. The quantitative estimate of drug-likeness (QED) is 0.253. The van der Waals surface area contributed by atoms with Crippen LogP contribution in [0.15, 0.2) is 60.7 Å². The first-order valence-corrected chi connectivity index (χ1v) is 9.63. The van der Waals surface area contributed by atoms with Gasteiger partial charge in [-0.15, -0.1) is 0 Å². The van der Waals surface area contributed by atoms with E-state index in [4.69, 9.17) is 9.47 Å². The van der Waals surface area contributed by atoms with Crippen molar-refractivity contribution in [2.24, 2.45) is 0 Å². The summed E-state index contributed by atoms with van der Waals surface area (Å²) in [6.45, 7) is 4.66. The van der Waals surface area contributed by atoms with Crippen LogP contribution in [0.25, 0.3) is 12.2 Å². The second kappa shape index (κ2) is 11.4. The number of methoxy groups -OCH3 is 1. The van der Waals surface area contributed by atoms with Gasteiger partial charge in [0.25, 0.3) is 0 Å². The molecule has 32 heavy (non-hydrogen) atoms. The number of phenolic OH excluding ortho intramolecular Hbond substituents is 1. The minimum Gasteiger partial charge on any atom is -0.504 e. The summed E-state index contributed by atoms with van der Waals surface area (Å²) in [5.41, 5.74) is 1.83. The van der Waals surface area contributed by atoms with Crippen molar-refractivity contribution in [3.05, 3.63) is 77.4 Å². The van der Waals surface area contributed by atoms with E-state index in [2.05, 4.69) is 6.58 Å². The van der Waals surface area contributed by atoms with Crippen molar-refractivity contribution < 1.29 is 34.1 Å². The van der Waals surface area contributed by atoms with Gasteiger partial charge in [0.2, 0.25) is 0 Å². The van der Waals surface area contributed by atoms with Crippen molar-refractivity contribution in [1.29, 1.82) is 0 Å². The molecular formula is C25H24O7. The average Bonchev–Trinajstić information content (AvgIpc) is 2.77. The maximum atomic E-state index is 12.1. The second-order valence-electron chi connectivity index (χ2n) is 6.90. The zero-order valence-electron chi connectivity index (χ0n) is 17.8. The lowest BCUT2D eigenvalue weighted by Gasteiger charge is -2.09.